The molecule has 1 fully saturated rings. The van der Waals surface area contributed by atoms with Gasteiger partial charge in [-0.2, -0.15) is 5.26 Å². The van der Waals surface area contributed by atoms with Crippen LogP contribution in [-0.2, 0) is 4.79 Å². The van der Waals surface area contributed by atoms with Gasteiger partial charge in [-0.3, -0.25) is 4.79 Å². The molecular weight excluding hydrogens is 190 g/mol. The summed E-state index contributed by atoms with van der Waals surface area (Å²) in [5, 5.41) is 14.3. The van der Waals surface area contributed by atoms with E-state index in [0.29, 0.717) is 31.5 Å². The van der Waals surface area contributed by atoms with Crippen molar-refractivity contribution < 1.29 is 4.79 Å². The van der Waals surface area contributed by atoms with E-state index in [-0.39, 0.29) is 5.91 Å². The van der Waals surface area contributed by atoms with Crippen molar-refractivity contribution in [3.8, 4) is 6.07 Å². The zero-order valence-electron chi connectivity index (χ0n) is 9.25. The molecule has 1 saturated carbocycles. The van der Waals surface area contributed by atoms with E-state index in [1.807, 2.05) is 6.07 Å². The highest BCUT2D eigenvalue weighted by atomic mass is 16.1. The van der Waals surface area contributed by atoms with Gasteiger partial charge in [-0.1, -0.05) is 13.3 Å². The molecule has 1 amide bonds. The lowest BCUT2D eigenvalue weighted by Crippen LogP contribution is -2.40. The summed E-state index contributed by atoms with van der Waals surface area (Å²) in [6.07, 6.45) is 4.07. The third-order valence-electron chi connectivity index (χ3n) is 2.95. The Morgan fingerprint density at radius 2 is 2.33 bits per heavy atom. The van der Waals surface area contributed by atoms with Crippen LogP contribution in [0.15, 0.2) is 0 Å². The van der Waals surface area contributed by atoms with E-state index in [1.54, 1.807) is 0 Å². The second-order valence-corrected chi connectivity index (χ2v) is 4.15. The van der Waals surface area contributed by atoms with Crippen molar-refractivity contribution in [3.63, 3.8) is 0 Å². The highest BCUT2D eigenvalue weighted by molar-refractivity contribution is 5.78. The molecule has 0 aromatic rings. The summed E-state index contributed by atoms with van der Waals surface area (Å²) in [5.74, 6) is 0.668. The highest BCUT2D eigenvalue weighted by Gasteiger charge is 2.22. The standard InChI is InChI=1S/C11H19N3O/c1-9-4-2-5-10(9)14-8-11(15)13-7-3-6-12/h9-10,14H,2-5,7-8H2,1H3,(H,13,15). The van der Waals surface area contributed by atoms with Crippen LogP contribution in [0.1, 0.15) is 32.6 Å². The zero-order valence-corrected chi connectivity index (χ0v) is 9.25. The second-order valence-electron chi connectivity index (χ2n) is 4.15. The molecule has 0 heterocycles. The van der Waals surface area contributed by atoms with Crippen LogP contribution < -0.4 is 10.6 Å². The Hall–Kier alpha value is -1.08. The number of amides is 1. The lowest BCUT2D eigenvalue weighted by molar-refractivity contribution is -0.120. The first-order valence-corrected chi connectivity index (χ1v) is 5.61. The molecule has 0 aromatic carbocycles. The van der Waals surface area contributed by atoms with Gasteiger partial charge in [-0.25, -0.2) is 0 Å². The molecule has 15 heavy (non-hydrogen) atoms. The summed E-state index contributed by atoms with van der Waals surface area (Å²) in [5.41, 5.74) is 0. The Kier molecular flexibility index (Phi) is 5.13. The van der Waals surface area contributed by atoms with Crippen LogP contribution in [0.3, 0.4) is 0 Å². The lowest BCUT2D eigenvalue weighted by Gasteiger charge is -2.16. The normalized spacial score (nSPS) is 24.8. The number of nitriles is 1. The Labute approximate surface area is 91.0 Å². The minimum absolute atomic E-state index is 0.00986. The Morgan fingerprint density at radius 1 is 1.53 bits per heavy atom. The van der Waals surface area contributed by atoms with Gasteiger partial charge in [-0.15, -0.1) is 0 Å². The van der Waals surface area contributed by atoms with Crippen LogP contribution in [-0.4, -0.2) is 25.0 Å². The lowest BCUT2D eigenvalue weighted by atomic mass is 10.1. The molecule has 0 bridgehead atoms. The predicted octanol–water partition coefficient (Wildman–Crippen LogP) is 0.794. The largest absolute Gasteiger partial charge is 0.354 e. The summed E-state index contributed by atoms with van der Waals surface area (Å²) in [6.45, 7) is 3.05. The zero-order chi connectivity index (χ0) is 11.1. The van der Waals surface area contributed by atoms with Crippen LogP contribution in [0.25, 0.3) is 0 Å². The van der Waals surface area contributed by atoms with Crippen molar-refractivity contribution in [3.05, 3.63) is 0 Å². The van der Waals surface area contributed by atoms with Gasteiger partial charge in [0.2, 0.25) is 5.91 Å². The van der Waals surface area contributed by atoms with E-state index in [1.165, 1.54) is 19.3 Å². The van der Waals surface area contributed by atoms with Crippen LogP contribution in [0, 0.1) is 17.2 Å². The number of nitrogens with one attached hydrogen (secondary N) is 2. The van der Waals surface area contributed by atoms with Crippen molar-refractivity contribution >= 4 is 5.91 Å². The maximum atomic E-state index is 11.3. The molecule has 2 unspecified atom stereocenters. The van der Waals surface area contributed by atoms with E-state index in [2.05, 4.69) is 17.6 Å². The molecule has 2 N–H and O–H groups in total. The third-order valence-corrected chi connectivity index (χ3v) is 2.95. The fourth-order valence-electron chi connectivity index (χ4n) is 1.99. The highest BCUT2D eigenvalue weighted by Crippen LogP contribution is 2.24. The fraction of sp³-hybridized carbons (Fsp3) is 0.818. The number of carbonyl (C=O) groups excluding carboxylic acids is 1. The number of nitrogens with zero attached hydrogens (tertiary/aromatic N) is 1. The predicted molar refractivity (Wildman–Crippen MR) is 58.0 cm³/mol. The third kappa shape index (κ3) is 4.30. The van der Waals surface area contributed by atoms with Crippen molar-refractivity contribution in [2.75, 3.05) is 13.1 Å². The first-order chi connectivity index (χ1) is 7.24. The summed E-state index contributed by atoms with van der Waals surface area (Å²) >= 11 is 0. The van der Waals surface area contributed by atoms with Crippen molar-refractivity contribution in [1.29, 1.82) is 5.26 Å². The average Bonchev–Trinajstić information content (AvgIpc) is 2.61. The summed E-state index contributed by atoms with van der Waals surface area (Å²) in [6, 6.07) is 2.48. The van der Waals surface area contributed by atoms with Gasteiger partial charge >= 0.3 is 0 Å². The van der Waals surface area contributed by atoms with Crippen LogP contribution >= 0.6 is 0 Å². The van der Waals surface area contributed by atoms with E-state index < -0.39 is 0 Å². The fourth-order valence-corrected chi connectivity index (χ4v) is 1.99. The quantitative estimate of drug-likeness (QED) is 0.658. The molecule has 4 heteroatoms. The molecular formula is C11H19N3O. The molecule has 0 aliphatic heterocycles. The van der Waals surface area contributed by atoms with Gasteiger partial charge in [0, 0.05) is 12.6 Å². The minimum Gasteiger partial charge on any atom is -0.354 e. The van der Waals surface area contributed by atoms with Crippen LogP contribution in [0.2, 0.25) is 0 Å². The van der Waals surface area contributed by atoms with Gasteiger partial charge in [0.1, 0.15) is 0 Å². The van der Waals surface area contributed by atoms with Crippen LogP contribution in [0.5, 0.6) is 0 Å². The maximum Gasteiger partial charge on any atom is 0.233 e. The van der Waals surface area contributed by atoms with Crippen molar-refractivity contribution in [1.82, 2.24) is 10.6 Å². The summed E-state index contributed by atoms with van der Waals surface area (Å²) in [4.78, 5) is 11.3. The SMILES string of the molecule is CC1CCCC1NCC(=O)NCCC#N. The number of carbonyl (C=O) groups is 1. The molecule has 2 atom stereocenters. The molecule has 0 radical (unpaired) electrons. The van der Waals surface area contributed by atoms with Gasteiger partial charge in [0.25, 0.3) is 0 Å². The molecule has 1 rings (SSSR count). The monoisotopic (exact) mass is 209 g/mol. The topological polar surface area (TPSA) is 64.9 Å². The summed E-state index contributed by atoms with van der Waals surface area (Å²) in [7, 11) is 0. The van der Waals surface area contributed by atoms with Crippen molar-refractivity contribution in [2.45, 2.75) is 38.6 Å². The minimum atomic E-state index is -0.00986. The molecule has 0 saturated heterocycles. The summed E-state index contributed by atoms with van der Waals surface area (Å²) < 4.78 is 0. The molecule has 1 aliphatic carbocycles. The Balaban J connectivity index is 2.08. The Morgan fingerprint density at radius 3 is 2.93 bits per heavy atom. The first-order valence-electron chi connectivity index (χ1n) is 5.61. The number of rotatable bonds is 5. The van der Waals surface area contributed by atoms with Gasteiger partial charge < -0.3 is 10.6 Å². The van der Waals surface area contributed by atoms with Crippen LogP contribution in [0.4, 0.5) is 0 Å². The van der Waals surface area contributed by atoms with Crippen molar-refractivity contribution in [2.24, 2.45) is 5.92 Å². The van der Waals surface area contributed by atoms with E-state index in [4.69, 9.17) is 5.26 Å². The molecule has 84 valence electrons. The second kappa shape index (κ2) is 6.41. The van der Waals surface area contributed by atoms with Gasteiger partial charge in [-0.05, 0) is 18.8 Å². The number of hydrogen-bond donors (Lipinski definition) is 2. The van der Waals surface area contributed by atoms with Gasteiger partial charge in [0.05, 0.1) is 19.0 Å². The first kappa shape index (κ1) is 12.0. The van der Waals surface area contributed by atoms with Gasteiger partial charge in [0.15, 0.2) is 0 Å². The van der Waals surface area contributed by atoms with E-state index in [9.17, 15) is 4.79 Å². The maximum absolute atomic E-state index is 11.3. The molecule has 0 aromatic heterocycles. The smallest absolute Gasteiger partial charge is 0.233 e. The average molecular weight is 209 g/mol. The molecule has 4 nitrogen and oxygen atoms in total. The molecule has 1 aliphatic rings. The number of hydrogen-bond acceptors (Lipinski definition) is 3. The molecule has 0 spiro atoms. The Bertz CT molecular complexity index is 247. The van der Waals surface area contributed by atoms with E-state index in [0.717, 1.165) is 0 Å². The van der Waals surface area contributed by atoms with E-state index >= 15 is 0 Å².